The third-order valence-electron chi connectivity index (χ3n) is 3.88. The second-order valence-corrected chi connectivity index (χ2v) is 5.30. The molecule has 1 atom stereocenters. The van der Waals surface area contributed by atoms with Gasteiger partial charge >= 0.3 is 0 Å². The molecule has 0 aliphatic rings. The van der Waals surface area contributed by atoms with Crippen molar-refractivity contribution in [3.63, 3.8) is 0 Å². The Kier molecular flexibility index (Phi) is 5.88. The molecule has 0 aliphatic carbocycles. The van der Waals surface area contributed by atoms with Gasteiger partial charge in [-0.2, -0.15) is 0 Å². The van der Waals surface area contributed by atoms with Crippen LogP contribution in [0.2, 0.25) is 0 Å². The van der Waals surface area contributed by atoms with Crippen LogP contribution >= 0.6 is 0 Å². The zero-order valence-electron chi connectivity index (χ0n) is 12.4. The number of aliphatic hydroxyl groups is 1. The first-order valence-electron chi connectivity index (χ1n) is 7.57. The Morgan fingerprint density at radius 3 is 2.76 bits per heavy atom. The molecule has 0 saturated heterocycles. The monoisotopic (exact) mass is 287 g/mol. The first-order chi connectivity index (χ1) is 10.3. The third kappa shape index (κ3) is 4.11. The average molecular weight is 287 g/mol. The van der Waals surface area contributed by atoms with E-state index in [0.717, 1.165) is 42.4 Å². The largest absolute Gasteiger partial charge is 0.396 e. The number of unbranched alkanes of at least 4 members (excludes halogenated alkanes) is 1. The summed E-state index contributed by atoms with van der Waals surface area (Å²) < 4.78 is 13.7. The van der Waals surface area contributed by atoms with E-state index in [4.69, 9.17) is 5.11 Å². The van der Waals surface area contributed by atoms with Gasteiger partial charge in [-0.15, -0.1) is 0 Å². The molecule has 2 rings (SSSR count). The van der Waals surface area contributed by atoms with Crippen LogP contribution in [0.25, 0.3) is 11.1 Å². The van der Waals surface area contributed by atoms with Crippen molar-refractivity contribution in [1.82, 2.24) is 4.98 Å². The van der Waals surface area contributed by atoms with Gasteiger partial charge in [0.15, 0.2) is 0 Å². The van der Waals surface area contributed by atoms with E-state index >= 15 is 0 Å². The number of benzene rings is 1. The van der Waals surface area contributed by atoms with Gasteiger partial charge in [-0.05, 0) is 54.5 Å². The quantitative estimate of drug-likeness (QED) is 0.758. The molecule has 0 fully saturated rings. The smallest absolute Gasteiger partial charge is 0.123 e. The van der Waals surface area contributed by atoms with Crippen molar-refractivity contribution >= 4 is 0 Å². The highest BCUT2D eigenvalue weighted by Crippen LogP contribution is 2.34. The van der Waals surface area contributed by atoms with E-state index in [9.17, 15) is 4.39 Å². The summed E-state index contributed by atoms with van der Waals surface area (Å²) in [5.74, 6) is 0.112. The Morgan fingerprint density at radius 2 is 2.10 bits per heavy atom. The van der Waals surface area contributed by atoms with Crippen molar-refractivity contribution < 1.29 is 9.50 Å². The Morgan fingerprint density at radius 1 is 1.24 bits per heavy atom. The molecule has 21 heavy (non-hydrogen) atoms. The maximum Gasteiger partial charge on any atom is 0.123 e. The van der Waals surface area contributed by atoms with Crippen LogP contribution in [-0.4, -0.2) is 16.7 Å². The summed E-state index contributed by atoms with van der Waals surface area (Å²) in [4.78, 5) is 4.16. The van der Waals surface area contributed by atoms with Gasteiger partial charge in [0.1, 0.15) is 5.82 Å². The van der Waals surface area contributed by atoms with E-state index in [0.29, 0.717) is 5.92 Å². The second kappa shape index (κ2) is 7.89. The third-order valence-corrected chi connectivity index (χ3v) is 3.88. The van der Waals surface area contributed by atoms with Gasteiger partial charge in [-0.3, -0.25) is 4.98 Å². The first kappa shape index (κ1) is 15.6. The topological polar surface area (TPSA) is 33.1 Å². The van der Waals surface area contributed by atoms with Gasteiger partial charge in [0.25, 0.3) is 0 Å². The highest BCUT2D eigenvalue weighted by atomic mass is 19.1. The SMILES string of the molecule is CC[C@@H](CCCCO)c1cc(F)ccc1-c1cccnc1. The summed E-state index contributed by atoms with van der Waals surface area (Å²) in [5.41, 5.74) is 3.12. The molecular weight excluding hydrogens is 265 g/mol. The molecule has 2 nitrogen and oxygen atoms in total. The maximum absolute atomic E-state index is 13.7. The number of aromatic nitrogens is 1. The van der Waals surface area contributed by atoms with Crippen molar-refractivity contribution in [2.24, 2.45) is 0 Å². The second-order valence-electron chi connectivity index (χ2n) is 5.30. The minimum atomic E-state index is -0.196. The summed E-state index contributed by atoms with van der Waals surface area (Å²) in [6, 6.07) is 8.90. The molecule has 1 aromatic carbocycles. The van der Waals surface area contributed by atoms with Crippen LogP contribution in [0.15, 0.2) is 42.7 Å². The van der Waals surface area contributed by atoms with E-state index in [-0.39, 0.29) is 12.4 Å². The molecule has 1 heterocycles. The molecule has 0 amide bonds. The average Bonchev–Trinajstić information content (AvgIpc) is 2.52. The van der Waals surface area contributed by atoms with Gasteiger partial charge in [0.05, 0.1) is 0 Å². The van der Waals surface area contributed by atoms with Gasteiger partial charge in [-0.25, -0.2) is 4.39 Å². The Bertz CT molecular complexity index is 556. The molecular formula is C18H22FNO. The minimum Gasteiger partial charge on any atom is -0.396 e. The fourth-order valence-electron chi connectivity index (χ4n) is 2.74. The summed E-state index contributed by atoms with van der Waals surface area (Å²) in [6.45, 7) is 2.34. The fourth-order valence-corrected chi connectivity index (χ4v) is 2.74. The van der Waals surface area contributed by atoms with Gasteiger partial charge < -0.3 is 5.11 Å². The molecule has 1 aromatic heterocycles. The molecule has 1 N–H and O–H groups in total. The number of pyridine rings is 1. The lowest BCUT2D eigenvalue weighted by Gasteiger charge is -2.19. The summed E-state index contributed by atoms with van der Waals surface area (Å²) in [5, 5.41) is 8.93. The van der Waals surface area contributed by atoms with Crippen LogP contribution in [-0.2, 0) is 0 Å². The van der Waals surface area contributed by atoms with E-state index in [2.05, 4.69) is 11.9 Å². The molecule has 0 spiro atoms. The lowest BCUT2D eigenvalue weighted by Crippen LogP contribution is -2.02. The van der Waals surface area contributed by atoms with E-state index in [1.807, 2.05) is 24.4 Å². The molecule has 0 bridgehead atoms. The van der Waals surface area contributed by atoms with Crippen LogP contribution in [0.1, 0.15) is 44.1 Å². The normalized spacial score (nSPS) is 12.3. The molecule has 0 saturated carbocycles. The highest BCUT2D eigenvalue weighted by molar-refractivity contribution is 5.67. The van der Waals surface area contributed by atoms with Crippen LogP contribution in [0, 0.1) is 5.82 Å². The molecule has 0 radical (unpaired) electrons. The highest BCUT2D eigenvalue weighted by Gasteiger charge is 2.15. The predicted octanol–water partition coefficient (Wildman–Crippen LogP) is 4.54. The van der Waals surface area contributed by atoms with Gasteiger partial charge in [0.2, 0.25) is 0 Å². The lowest BCUT2D eigenvalue weighted by molar-refractivity contribution is 0.281. The van der Waals surface area contributed by atoms with Crippen LogP contribution < -0.4 is 0 Å². The maximum atomic E-state index is 13.7. The summed E-state index contributed by atoms with van der Waals surface area (Å²) in [6.07, 6.45) is 7.24. The van der Waals surface area contributed by atoms with E-state index < -0.39 is 0 Å². The molecule has 0 aliphatic heterocycles. The van der Waals surface area contributed by atoms with Crippen molar-refractivity contribution in [2.75, 3.05) is 6.61 Å². The van der Waals surface area contributed by atoms with Gasteiger partial charge in [-0.1, -0.05) is 25.5 Å². The zero-order valence-corrected chi connectivity index (χ0v) is 12.4. The number of hydrogen-bond donors (Lipinski definition) is 1. The summed E-state index contributed by atoms with van der Waals surface area (Å²) >= 11 is 0. The number of halogens is 1. The minimum absolute atomic E-state index is 0.196. The fraction of sp³-hybridized carbons (Fsp3) is 0.389. The van der Waals surface area contributed by atoms with E-state index in [1.54, 1.807) is 12.3 Å². The lowest BCUT2D eigenvalue weighted by atomic mass is 9.86. The van der Waals surface area contributed by atoms with Gasteiger partial charge in [0, 0.05) is 24.6 Å². The standard InChI is InChI=1S/C18H22FNO/c1-2-14(6-3-4-11-21)18-12-16(19)8-9-17(18)15-7-5-10-20-13-15/h5,7-10,12-14,21H,2-4,6,11H2,1H3/t14-/m0/s1. The summed E-state index contributed by atoms with van der Waals surface area (Å²) in [7, 11) is 0. The van der Waals surface area contributed by atoms with Crippen LogP contribution in [0.4, 0.5) is 4.39 Å². The Balaban J connectivity index is 2.34. The number of aliphatic hydroxyl groups excluding tert-OH is 1. The zero-order chi connectivity index (χ0) is 15.1. The van der Waals surface area contributed by atoms with Crippen molar-refractivity contribution in [1.29, 1.82) is 0 Å². The number of nitrogens with zero attached hydrogens (tertiary/aromatic N) is 1. The molecule has 3 heteroatoms. The van der Waals surface area contributed by atoms with Crippen molar-refractivity contribution in [3.05, 3.63) is 54.1 Å². The number of rotatable bonds is 7. The Hall–Kier alpha value is -1.74. The first-order valence-corrected chi connectivity index (χ1v) is 7.57. The predicted molar refractivity (Wildman–Crippen MR) is 83.6 cm³/mol. The number of hydrogen-bond acceptors (Lipinski definition) is 2. The van der Waals surface area contributed by atoms with E-state index in [1.165, 1.54) is 6.07 Å². The van der Waals surface area contributed by atoms with Crippen LogP contribution in [0.5, 0.6) is 0 Å². The molecule has 2 aromatic rings. The molecule has 112 valence electrons. The Labute approximate surface area is 125 Å². The van der Waals surface area contributed by atoms with Crippen molar-refractivity contribution in [2.45, 2.75) is 38.5 Å². The van der Waals surface area contributed by atoms with Crippen molar-refractivity contribution in [3.8, 4) is 11.1 Å². The molecule has 0 unspecified atom stereocenters. The van der Waals surface area contributed by atoms with Crippen LogP contribution in [0.3, 0.4) is 0 Å².